The van der Waals surface area contributed by atoms with Gasteiger partial charge in [-0.15, -0.1) is 0 Å². The minimum Gasteiger partial charge on any atom is -0.497 e. The first-order valence-electron chi connectivity index (χ1n) is 9.64. The standard InChI is InChI=1S/C23H24N4OS/c1-28-19-10-8-18(9-11-19)17-6-4-16(5-7-17)15-25-14-12-21(24)22-20-3-2-13-26-23(20)29-27-22/h2-11,13,21,25H,12,14-15,24H2,1H3. The molecule has 2 aromatic carbocycles. The summed E-state index contributed by atoms with van der Waals surface area (Å²) in [5.41, 5.74) is 10.9. The second-order valence-corrected chi connectivity index (χ2v) is 7.67. The largest absolute Gasteiger partial charge is 0.497 e. The molecule has 0 spiro atoms. The van der Waals surface area contributed by atoms with Gasteiger partial charge in [-0.25, -0.2) is 4.98 Å². The van der Waals surface area contributed by atoms with Crippen LogP contribution in [0.25, 0.3) is 21.3 Å². The normalized spacial score (nSPS) is 12.2. The second kappa shape index (κ2) is 9.13. The Morgan fingerprint density at radius 2 is 1.76 bits per heavy atom. The van der Waals surface area contributed by atoms with Crippen molar-refractivity contribution in [2.75, 3.05) is 13.7 Å². The van der Waals surface area contributed by atoms with Crippen molar-refractivity contribution in [2.24, 2.45) is 5.73 Å². The summed E-state index contributed by atoms with van der Waals surface area (Å²) in [4.78, 5) is 5.28. The Hall–Kier alpha value is -2.80. The zero-order chi connectivity index (χ0) is 20.1. The third kappa shape index (κ3) is 4.62. The summed E-state index contributed by atoms with van der Waals surface area (Å²) in [7, 11) is 1.68. The predicted molar refractivity (Wildman–Crippen MR) is 119 cm³/mol. The van der Waals surface area contributed by atoms with Gasteiger partial charge in [0.15, 0.2) is 0 Å². The molecule has 0 radical (unpaired) electrons. The molecule has 0 aliphatic rings. The summed E-state index contributed by atoms with van der Waals surface area (Å²) < 4.78 is 9.72. The fourth-order valence-electron chi connectivity index (χ4n) is 3.29. The average molecular weight is 405 g/mol. The van der Waals surface area contributed by atoms with E-state index in [2.05, 4.69) is 51.1 Å². The van der Waals surface area contributed by atoms with Crippen LogP contribution >= 0.6 is 11.5 Å². The van der Waals surface area contributed by atoms with Gasteiger partial charge in [0.25, 0.3) is 0 Å². The summed E-state index contributed by atoms with van der Waals surface area (Å²) in [6, 6.07) is 20.6. The molecule has 0 bridgehead atoms. The van der Waals surface area contributed by atoms with Crippen molar-refractivity contribution < 1.29 is 4.74 Å². The van der Waals surface area contributed by atoms with E-state index >= 15 is 0 Å². The summed E-state index contributed by atoms with van der Waals surface area (Å²) in [5, 5.41) is 4.55. The number of nitrogens with two attached hydrogens (primary N) is 1. The lowest BCUT2D eigenvalue weighted by Gasteiger charge is -2.11. The van der Waals surface area contributed by atoms with Gasteiger partial charge in [-0.05, 0) is 65.5 Å². The Bertz CT molecular complexity index is 1060. The van der Waals surface area contributed by atoms with Crippen LogP contribution in [0.3, 0.4) is 0 Å². The summed E-state index contributed by atoms with van der Waals surface area (Å²) >= 11 is 1.41. The summed E-state index contributed by atoms with van der Waals surface area (Å²) in [5.74, 6) is 0.870. The smallest absolute Gasteiger partial charge is 0.143 e. The molecular weight excluding hydrogens is 380 g/mol. The van der Waals surface area contributed by atoms with Crippen molar-refractivity contribution >= 4 is 21.7 Å². The number of hydrogen-bond donors (Lipinski definition) is 2. The molecule has 2 heterocycles. The molecule has 29 heavy (non-hydrogen) atoms. The van der Waals surface area contributed by atoms with Crippen LogP contribution < -0.4 is 15.8 Å². The van der Waals surface area contributed by atoms with E-state index < -0.39 is 0 Å². The lowest BCUT2D eigenvalue weighted by Crippen LogP contribution is -2.21. The van der Waals surface area contributed by atoms with E-state index in [9.17, 15) is 0 Å². The number of hydrogen-bond acceptors (Lipinski definition) is 6. The molecule has 0 aliphatic carbocycles. The van der Waals surface area contributed by atoms with Crippen LogP contribution in [0.1, 0.15) is 23.7 Å². The Morgan fingerprint density at radius 1 is 1.03 bits per heavy atom. The highest BCUT2D eigenvalue weighted by molar-refractivity contribution is 7.12. The van der Waals surface area contributed by atoms with Crippen molar-refractivity contribution in [2.45, 2.75) is 19.0 Å². The molecule has 0 fully saturated rings. The number of nitrogens with one attached hydrogen (secondary N) is 1. The highest BCUT2D eigenvalue weighted by Gasteiger charge is 2.14. The lowest BCUT2D eigenvalue weighted by atomic mass is 10.0. The van der Waals surface area contributed by atoms with Crippen molar-refractivity contribution in [3.63, 3.8) is 0 Å². The van der Waals surface area contributed by atoms with Crippen LogP contribution in [0.5, 0.6) is 5.75 Å². The van der Waals surface area contributed by atoms with E-state index in [1.54, 1.807) is 13.3 Å². The van der Waals surface area contributed by atoms with E-state index in [1.807, 2.05) is 24.3 Å². The number of aromatic nitrogens is 2. The molecular formula is C23H24N4OS. The molecule has 4 rings (SSSR count). The van der Waals surface area contributed by atoms with Gasteiger partial charge < -0.3 is 15.8 Å². The SMILES string of the molecule is COc1ccc(-c2ccc(CNCCC(N)c3nsc4ncccc34)cc2)cc1. The maximum Gasteiger partial charge on any atom is 0.143 e. The Morgan fingerprint density at radius 3 is 2.48 bits per heavy atom. The zero-order valence-electron chi connectivity index (χ0n) is 16.3. The van der Waals surface area contributed by atoms with Crippen LogP contribution in [-0.4, -0.2) is 23.0 Å². The van der Waals surface area contributed by atoms with Crippen LogP contribution in [0.2, 0.25) is 0 Å². The lowest BCUT2D eigenvalue weighted by molar-refractivity contribution is 0.415. The predicted octanol–water partition coefficient (Wildman–Crippen LogP) is 4.55. The maximum atomic E-state index is 6.36. The molecule has 0 saturated heterocycles. The van der Waals surface area contributed by atoms with Gasteiger partial charge in [0.2, 0.25) is 0 Å². The van der Waals surface area contributed by atoms with Crippen molar-refractivity contribution in [1.29, 1.82) is 0 Å². The van der Waals surface area contributed by atoms with Gasteiger partial charge in [-0.1, -0.05) is 36.4 Å². The van der Waals surface area contributed by atoms with E-state index in [1.165, 1.54) is 28.2 Å². The van der Waals surface area contributed by atoms with Gasteiger partial charge in [-0.3, -0.25) is 0 Å². The number of nitrogens with zero attached hydrogens (tertiary/aromatic N) is 2. The van der Waals surface area contributed by atoms with Gasteiger partial charge in [-0.2, -0.15) is 4.37 Å². The minimum atomic E-state index is -0.0853. The first-order chi connectivity index (χ1) is 14.2. The number of rotatable bonds is 8. The molecule has 148 valence electrons. The van der Waals surface area contributed by atoms with Crippen LogP contribution in [0, 0.1) is 0 Å². The fraction of sp³-hybridized carbons (Fsp3) is 0.217. The fourth-order valence-corrected chi connectivity index (χ4v) is 4.09. The molecule has 6 heteroatoms. The molecule has 2 aromatic heterocycles. The summed E-state index contributed by atoms with van der Waals surface area (Å²) in [6.45, 7) is 1.65. The number of benzene rings is 2. The number of pyridine rings is 1. The molecule has 3 N–H and O–H groups in total. The Balaban J connectivity index is 1.28. The van der Waals surface area contributed by atoms with Gasteiger partial charge in [0.05, 0.1) is 12.8 Å². The molecule has 1 unspecified atom stereocenters. The monoisotopic (exact) mass is 404 g/mol. The van der Waals surface area contributed by atoms with E-state index in [0.717, 1.165) is 41.2 Å². The molecule has 4 aromatic rings. The molecule has 0 aliphatic heterocycles. The highest BCUT2D eigenvalue weighted by atomic mass is 32.1. The highest BCUT2D eigenvalue weighted by Crippen LogP contribution is 2.26. The van der Waals surface area contributed by atoms with Gasteiger partial charge >= 0.3 is 0 Å². The third-order valence-electron chi connectivity index (χ3n) is 4.97. The van der Waals surface area contributed by atoms with E-state index in [0.29, 0.717) is 0 Å². The molecule has 0 amide bonds. The quantitative estimate of drug-likeness (QED) is 0.422. The molecule has 1 atom stereocenters. The first-order valence-corrected chi connectivity index (χ1v) is 10.4. The molecule has 5 nitrogen and oxygen atoms in total. The number of ether oxygens (including phenoxy) is 1. The van der Waals surface area contributed by atoms with Crippen molar-refractivity contribution in [3.05, 3.63) is 78.1 Å². The van der Waals surface area contributed by atoms with Crippen LogP contribution in [-0.2, 0) is 6.54 Å². The Kier molecular flexibility index (Phi) is 6.14. The third-order valence-corrected chi connectivity index (χ3v) is 5.75. The van der Waals surface area contributed by atoms with Gasteiger partial charge in [0.1, 0.15) is 10.6 Å². The van der Waals surface area contributed by atoms with E-state index in [4.69, 9.17) is 10.5 Å². The molecule has 0 saturated carbocycles. The van der Waals surface area contributed by atoms with E-state index in [-0.39, 0.29) is 6.04 Å². The topological polar surface area (TPSA) is 73.1 Å². The Labute approximate surface area is 174 Å². The number of methoxy groups -OCH3 is 1. The van der Waals surface area contributed by atoms with Crippen LogP contribution in [0.15, 0.2) is 66.9 Å². The summed E-state index contributed by atoms with van der Waals surface area (Å²) in [6.07, 6.45) is 2.62. The van der Waals surface area contributed by atoms with Gasteiger partial charge in [0, 0.05) is 24.2 Å². The van der Waals surface area contributed by atoms with Crippen molar-refractivity contribution in [1.82, 2.24) is 14.7 Å². The number of fused-ring (bicyclic) bond motifs is 1. The van der Waals surface area contributed by atoms with Crippen molar-refractivity contribution in [3.8, 4) is 16.9 Å². The second-order valence-electron chi connectivity index (χ2n) is 6.92. The minimum absolute atomic E-state index is 0.0853. The first kappa shape index (κ1) is 19.5. The maximum absolute atomic E-state index is 6.36. The average Bonchev–Trinajstić information content (AvgIpc) is 3.21. The van der Waals surface area contributed by atoms with Crippen LogP contribution in [0.4, 0.5) is 0 Å². The zero-order valence-corrected chi connectivity index (χ0v) is 17.2.